The molecular formula is C18H21ClN4O3S. The Balaban J connectivity index is 1.36. The standard InChI is InChI=1S/C18H21ClN4O3S/c19-14-5-3-13(4-6-14)16-20-23(18(27)26-16)12-21-7-9-22(10-8-21)17(24)15-2-1-11-25-15/h3-6,15H,1-2,7-12H2/t15-/m1/s1. The highest BCUT2D eigenvalue weighted by Crippen LogP contribution is 2.21. The molecule has 3 heterocycles. The van der Waals surface area contributed by atoms with Crippen LogP contribution >= 0.6 is 23.8 Å². The second-order valence-corrected chi connectivity index (χ2v) is 7.55. The summed E-state index contributed by atoms with van der Waals surface area (Å²) in [5.74, 6) is 0.596. The number of ether oxygens (including phenoxy) is 1. The fourth-order valence-corrected chi connectivity index (χ4v) is 3.68. The molecule has 7 nitrogen and oxygen atoms in total. The van der Waals surface area contributed by atoms with Crippen LogP contribution in [0.1, 0.15) is 12.8 Å². The van der Waals surface area contributed by atoms with E-state index in [4.69, 9.17) is 33.0 Å². The molecule has 4 rings (SSSR count). The zero-order valence-corrected chi connectivity index (χ0v) is 16.4. The van der Waals surface area contributed by atoms with Crippen LogP contribution in [0.2, 0.25) is 5.02 Å². The second-order valence-electron chi connectivity index (χ2n) is 6.77. The van der Waals surface area contributed by atoms with E-state index in [1.165, 1.54) is 0 Å². The number of hydrogen-bond donors (Lipinski definition) is 0. The van der Waals surface area contributed by atoms with E-state index in [1.54, 1.807) is 16.8 Å². The van der Waals surface area contributed by atoms with Gasteiger partial charge in [-0.2, -0.15) is 0 Å². The first kappa shape index (κ1) is 18.6. The first-order valence-corrected chi connectivity index (χ1v) is 9.85. The van der Waals surface area contributed by atoms with Gasteiger partial charge < -0.3 is 14.1 Å². The summed E-state index contributed by atoms with van der Waals surface area (Å²) in [7, 11) is 0. The lowest BCUT2D eigenvalue weighted by atomic mass is 10.2. The molecule has 9 heteroatoms. The van der Waals surface area contributed by atoms with E-state index in [2.05, 4.69) is 10.00 Å². The molecule has 0 saturated carbocycles. The first-order valence-electron chi connectivity index (χ1n) is 9.07. The van der Waals surface area contributed by atoms with E-state index in [0.717, 1.165) is 31.5 Å². The van der Waals surface area contributed by atoms with E-state index in [0.29, 0.717) is 42.1 Å². The molecule has 1 aromatic heterocycles. The highest BCUT2D eigenvalue weighted by Gasteiger charge is 2.30. The number of hydrogen-bond acceptors (Lipinski definition) is 6. The molecule has 2 saturated heterocycles. The lowest BCUT2D eigenvalue weighted by Gasteiger charge is -2.35. The Morgan fingerprint density at radius 2 is 1.96 bits per heavy atom. The smallest absolute Gasteiger partial charge is 0.288 e. The van der Waals surface area contributed by atoms with Crippen LogP contribution in [0.25, 0.3) is 11.5 Å². The number of carbonyl (C=O) groups is 1. The van der Waals surface area contributed by atoms with Gasteiger partial charge in [-0.1, -0.05) is 11.6 Å². The maximum absolute atomic E-state index is 12.4. The van der Waals surface area contributed by atoms with Crippen molar-refractivity contribution in [3.63, 3.8) is 0 Å². The second kappa shape index (κ2) is 8.10. The van der Waals surface area contributed by atoms with Crippen LogP contribution in [-0.2, 0) is 16.2 Å². The van der Waals surface area contributed by atoms with Crippen molar-refractivity contribution in [1.82, 2.24) is 19.6 Å². The molecule has 0 bridgehead atoms. The van der Waals surface area contributed by atoms with Crippen LogP contribution in [0.3, 0.4) is 0 Å². The van der Waals surface area contributed by atoms with Crippen molar-refractivity contribution in [2.75, 3.05) is 32.8 Å². The molecule has 0 spiro atoms. The van der Waals surface area contributed by atoms with Gasteiger partial charge in [0.15, 0.2) is 0 Å². The van der Waals surface area contributed by atoms with Gasteiger partial charge in [0.2, 0.25) is 5.89 Å². The number of nitrogens with zero attached hydrogens (tertiary/aromatic N) is 4. The van der Waals surface area contributed by atoms with Crippen molar-refractivity contribution in [2.45, 2.75) is 25.6 Å². The van der Waals surface area contributed by atoms with Crippen molar-refractivity contribution in [2.24, 2.45) is 0 Å². The lowest BCUT2D eigenvalue weighted by molar-refractivity contribution is -0.142. The van der Waals surface area contributed by atoms with Gasteiger partial charge in [-0.3, -0.25) is 9.69 Å². The van der Waals surface area contributed by atoms with Gasteiger partial charge in [-0.05, 0) is 49.3 Å². The molecule has 0 unspecified atom stereocenters. The minimum absolute atomic E-state index is 0.121. The zero-order valence-electron chi connectivity index (χ0n) is 14.8. The average Bonchev–Trinajstić information content (AvgIpc) is 3.33. The Morgan fingerprint density at radius 3 is 2.63 bits per heavy atom. The Labute approximate surface area is 167 Å². The minimum Gasteiger partial charge on any atom is -0.409 e. The Hall–Kier alpha value is -1.74. The van der Waals surface area contributed by atoms with E-state index in [-0.39, 0.29) is 12.0 Å². The fourth-order valence-electron chi connectivity index (χ4n) is 3.38. The topological polar surface area (TPSA) is 63.7 Å². The van der Waals surface area contributed by atoms with Gasteiger partial charge in [0, 0.05) is 43.4 Å². The van der Waals surface area contributed by atoms with Crippen LogP contribution in [0, 0.1) is 4.84 Å². The normalized spacial score (nSPS) is 20.9. The van der Waals surface area contributed by atoms with Gasteiger partial charge in [0.25, 0.3) is 10.7 Å². The summed E-state index contributed by atoms with van der Waals surface area (Å²) in [5.41, 5.74) is 0.830. The quantitative estimate of drug-likeness (QED) is 0.725. The molecule has 27 heavy (non-hydrogen) atoms. The maximum atomic E-state index is 12.4. The predicted molar refractivity (Wildman–Crippen MR) is 103 cm³/mol. The number of benzene rings is 1. The molecule has 0 N–H and O–H groups in total. The molecule has 144 valence electrons. The largest absolute Gasteiger partial charge is 0.409 e. The minimum atomic E-state index is -0.248. The number of halogens is 1. The number of piperazine rings is 1. The van der Waals surface area contributed by atoms with Crippen molar-refractivity contribution in [3.8, 4) is 11.5 Å². The fraction of sp³-hybridized carbons (Fsp3) is 0.500. The lowest BCUT2D eigenvalue weighted by Crippen LogP contribution is -2.51. The summed E-state index contributed by atoms with van der Waals surface area (Å²) >= 11 is 11.2. The molecule has 0 aliphatic carbocycles. The van der Waals surface area contributed by atoms with Gasteiger partial charge in [0.05, 0.1) is 6.67 Å². The van der Waals surface area contributed by atoms with E-state index in [1.807, 2.05) is 17.0 Å². The molecule has 2 fully saturated rings. The van der Waals surface area contributed by atoms with Gasteiger partial charge >= 0.3 is 0 Å². The van der Waals surface area contributed by atoms with Crippen molar-refractivity contribution >= 4 is 29.7 Å². The molecule has 1 aromatic carbocycles. The first-order chi connectivity index (χ1) is 13.1. The summed E-state index contributed by atoms with van der Waals surface area (Å²) in [6, 6.07) is 7.28. The molecule has 1 amide bonds. The Bertz CT molecular complexity index is 852. The van der Waals surface area contributed by atoms with Gasteiger partial charge in [-0.25, -0.2) is 4.68 Å². The summed E-state index contributed by atoms with van der Waals surface area (Å²) < 4.78 is 12.8. The zero-order chi connectivity index (χ0) is 18.8. The third-order valence-corrected chi connectivity index (χ3v) is 5.47. The number of aromatic nitrogens is 2. The number of carbonyl (C=O) groups excluding carboxylic acids is 1. The van der Waals surface area contributed by atoms with Crippen molar-refractivity contribution < 1.29 is 13.9 Å². The summed E-state index contributed by atoms with van der Waals surface area (Å²) in [5, 5.41) is 5.14. The van der Waals surface area contributed by atoms with E-state index >= 15 is 0 Å². The molecule has 0 radical (unpaired) electrons. The number of amides is 1. The van der Waals surface area contributed by atoms with Gasteiger partial charge in [-0.15, -0.1) is 5.10 Å². The third-order valence-electron chi connectivity index (χ3n) is 4.92. The molecule has 1 atom stereocenters. The van der Waals surface area contributed by atoms with Crippen molar-refractivity contribution in [3.05, 3.63) is 34.1 Å². The van der Waals surface area contributed by atoms with Gasteiger partial charge in [0.1, 0.15) is 6.10 Å². The average molecular weight is 409 g/mol. The third kappa shape index (κ3) is 4.24. The Morgan fingerprint density at radius 1 is 1.22 bits per heavy atom. The molecule has 2 aliphatic rings. The number of rotatable bonds is 4. The monoisotopic (exact) mass is 408 g/mol. The van der Waals surface area contributed by atoms with Crippen LogP contribution < -0.4 is 0 Å². The molecule has 2 aromatic rings. The van der Waals surface area contributed by atoms with Crippen molar-refractivity contribution in [1.29, 1.82) is 0 Å². The predicted octanol–water partition coefficient (Wildman–Crippen LogP) is 2.81. The Kier molecular flexibility index (Phi) is 5.58. The SMILES string of the molecule is O=C([C@H]1CCCO1)N1CCN(Cn2nc(-c3ccc(Cl)cc3)oc2=S)CC1. The summed E-state index contributed by atoms with van der Waals surface area (Å²) in [4.78, 5) is 16.9. The highest BCUT2D eigenvalue weighted by molar-refractivity contribution is 7.71. The maximum Gasteiger partial charge on any atom is 0.288 e. The van der Waals surface area contributed by atoms with Crippen LogP contribution in [-0.4, -0.2) is 64.4 Å². The van der Waals surface area contributed by atoms with Crippen LogP contribution in [0.5, 0.6) is 0 Å². The molecular weight excluding hydrogens is 388 g/mol. The highest BCUT2D eigenvalue weighted by atomic mass is 35.5. The van der Waals surface area contributed by atoms with Crippen LogP contribution in [0.15, 0.2) is 28.7 Å². The summed E-state index contributed by atoms with van der Waals surface area (Å²) in [6.45, 7) is 4.14. The van der Waals surface area contributed by atoms with E-state index in [9.17, 15) is 4.79 Å². The molecule has 2 aliphatic heterocycles. The van der Waals surface area contributed by atoms with Crippen LogP contribution in [0.4, 0.5) is 0 Å². The summed E-state index contributed by atoms with van der Waals surface area (Å²) in [6.07, 6.45) is 1.56. The van der Waals surface area contributed by atoms with E-state index < -0.39 is 0 Å².